The predicted octanol–water partition coefficient (Wildman–Crippen LogP) is 2.12. The van der Waals surface area contributed by atoms with Crippen LogP contribution in [-0.4, -0.2) is 30.0 Å². The number of carbonyl (C=O) groups is 1. The Balaban J connectivity index is 2.09. The normalized spacial score (nSPS) is 14.5. The fourth-order valence-electron chi connectivity index (χ4n) is 1.61. The minimum absolute atomic E-state index is 0.110. The van der Waals surface area contributed by atoms with Gasteiger partial charge in [-0.1, -0.05) is 0 Å². The van der Waals surface area contributed by atoms with Crippen molar-refractivity contribution in [2.45, 2.75) is 25.7 Å². The number of nitrogens with zero attached hydrogens (tertiary/aromatic N) is 2. The van der Waals surface area contributed by atoms with Crippen molar-refractivity contribution in [3.63, 3.8) is 0 Å². The SMILES string of the molecule is CN(C)C(=O)Nc1nc2c(s1)CCCC2. The van der Waals surface area contributed by atoms with Gasteiger partial charge in [-0.2, -0.15) is 0 Å². The highest BCUT2D eigenvalue weighted by Gasteiger charge is 2.16. The number of aromatic nitrogens is 1. The van der Waals surface area contributed by atoms with E-state index in [1.54, 1.807) is 25.4 Å². The zero-order valence-electron chi connectivity index (χ0n) is 9.04. The number of aryl methyl sites for hydroxylation is 2. The summed E-state index contributed by atoms with van der Waals surface area (Å²) in [6, 6.07) is -0.110. The third-order valence-corrected chi connectivity index (χ3v) is 3.54. The summed E-state index contributed by atoms with van der Waals surface area (Å²) < 4.78 is 0. The minimum Gasteiger partial charge on any atom is -0.331 e. The van der Waals surface area contributed by atoms with Crippen LogP contribution in [0.25, 0.3) is 0 Å². The molecule has 0 fully saturated rings. The van der Waals surface area contributed by atoms with Crippen LogP contribution in [0.4, 0.5) is 9.93 Å². The summed E-state index contributed by atoms with van der Waals surface area (Å²) in [5.41, 5.74) is 1.18. The summed E-state index contributed by atoms with van der Waals surface area (Å²) in [6.07, 6.45) is 4.64. The summed E-state index contributed by atoms with van der Waals surface area (Å²) in [5, 5.41) is 3.53. The number of hydrogen-bond acceptors (Lipinski definition) is 3. The third-order valence-electron chi connectivity index (χ3n) is 2.47. The maximum absolute atomic E-state index is 11.4. The topological polar surface area (TPSA) is 45.2 Å². The second-order valence-corrected chi connectivity index (χ2v) is 5.00. The van der Waals surface area contributed by atoms with Crippen molar-refractivity contribution in [1.29, 1.82) is 0 Å². The first-order valence-electron chi connectivity index (χ1n) is 5.13. The van der Waals surface area contributed by atoms with Crippen LogP contribution in [-0.2, 0) is 12.8 Å². The Morgan fingerprint density at radius 1 is 1.40 bits per heavy atom. The second kappa shape index (κ2) is 4.18. The van der Waals surface area contributed by atoms with E-state index in [0.717, 1.165) is 18.0 Å². The van der Waals surface area contributed by atoms with Crippen LogP contribution in [0.15, 0.2) is 0 Å². The molecular weight excluding hydrogens is 210 g/mol. The Morgan fingerprint density at radius 2 is 2.13 bits per heavy atom. The van der Waals surface area contributed by atoms with Crippen molar-refractivity contribution in [1.82, 2.24) is 9.88 Å². The number of anilines is 1. The van der Waals surface area contributed by atoms with Crippen LogP contribution in [0, 0.1) is 0 Å². The highest BCUT2D eigenvalue weighted by atomic mass is 32.1. The van der Waals surface area contributed by atoms with Crippen LogP contribution in [0.1, 0.15) is 23.4 Å². The van der Waals surface area contributed by atoms with Crippen molar-refractivity contribution in [2.75, 3.05) is 19.4 Å². The standard InChI is InChI=1S/C10H15N3OS/c1-13(2)10(14)12-9-11-7-5-3-4-6-8(7)15-9/h3-6H2,1-2H3,(H,11,12,14). The lowest BCUT2D eigenvalue weighted by Gasteiger charge is -2.09. The molecule has 1 aromatic rings. The number of carbonyl (C=O) groups excluding carboxylic acids is 1. The number of urea groups is 1. The van der Waals surface area contributed by atoms with E-state index in [4.69, 9.17) is 0 Å². The van der Waals surface area contributed by atoms with E-state index in [1.165, 1.54) is 28.3 Å². The Labute approximate surface area is 93.3 Å². The molecule has 1 aromatic heterocycles. The number of nitrogens with one attached hydrogen (secondary N) is 1. The molecular formula is C10H15N3OS. The molecule has 2 amide bonds. The van der Waals surface area contributed by atoms with E-state index >= 15 is 0 Å². The molecule has 5 heteroatoms. The zero-order chi connectivity index (χ0) is 10.8. The number of amides is 2. The van der Waals surface area contributed by atoms with Crippen molar-refractivity contribution in [3.05, 3.63) is 10.6 Å². The maximum Gasteiger partial charge on any atom is 0.323 e. The Bertz CT molecular complexity index is 349. The first kappa shape index (κ1) is 10.4. The quantitative estimate of drug-likeness (QED) is 0.795. The number of thiazole rings is 1. The van der Waals surface area contributed by atoms with Crippen LogP contribution >= 0.6 is 11.3 Å². The average molecular weight is 225 g/mol. The molecule has 0 radical (unpaired) electrons. The van der Waals surface area contributed by atoms with Crippen molar-refractivity contribution in [2.24, 2.45) is 0 Å². The highest BCUT2D eigenvalue weighted by Crippen LogP contribution is 2.29. The lowest BCUT2D eigenvalue weighted by molar-refractivity contribution is 0.230. The van der Waals surface area contributed by atoms with Gasteiger partial charge < -0.3 is 4.90 Å². The van der Waals surface area contributed by atoms with Gasteiger partial charge in [-0.25, -0.2) is 9.78 Å². The molecule has 0 saturated carbocycles. The molecule has 0 saturated heterocycles. The van der Waals surface area contributed by atoms with Gasteiger partial charge in [0.1, 0.15) is 0 Å². The molecule has 0 bridgehead atoms. The molecule has 0 spiro atoms. The summed E-state index contributed by atoms with van der Waals surface area (Å²) in [4.78, 5) is 18.7. The van der Waals surface area contributed by atoms with Crippen molar-refractivity contribution in [3.8, 4) is 0 Å². The van der Waals surface area contributed by atoms with Crippen molar-refractivity contribution < 1.29 is 4.79 Å². The van der Waals surface area contributed by atoms with Gasteiger partial charge in [-0.3, -0.25) is 5.32 Å². The maximum atomic E-state index is 11.4. The molecule has 0 aliphatic heterocycles. The largest absolute Gasteiger partial charge is 0.331 e. The minimum atomic E-state index is -0.110. The number of hydrogen-bond donors (Lipinski definition) is 1. The van der Waals surface area contributed by atoms with E-state index in [0.29, 0.717) is 0 Å². The first-order valence-corrected chi connectivity index (χ1v) is 5.95. The van der Waals surface area contributed by atoms with Gasteiger partial charge in [0.25, 0.3) is 0 Å². The Hall–Kier alpha value is -1.10. The molecule has 4 nitrogen and oxygen atoms in total. The van der Waals surface area contributed by atoms with Gasteiger partial charge >= 0.3 is 6.03 Å². The summed E-state index contributed by atoms with van der Waals surface area (Å²) in [6.45, 7) is 0. The van der Waals surface area contributed by atoms with Gasteiger partial charge in [0.05, 0.1) is 5.69 Å². The monoisotopic (exact) mass is 225 g/mol. The summed E-state index contributed by atoms with van der Waals surface area (Å²) in [7, 11) is 3.45. The first-order chi connectivity index (χ1) is 7.16. The highest BCUT2D eigenvalue weighted by molar-refractivity contribution is 7.15. The van der Waals surface area contributed by atoms with E-state index < -0.39 is 0 Å². The number of rotatable bonds is 1. The molecule has 2 rings (SSSR count). The van der Waals surface area contributed by atoms with Crippen LogP contribution in [0.2, 0.25) is 0 Å². The van der Waals surface area contributed by atoms with E-state index in [2.05, 4.69) is 10.3 Å². The van der Waals surface area contributed by atoms with Crippen LogP contribution < -0.4 is 5.32 Å². The summed E-state index contributed by atoms with van der Waals surface area (Å²) >= 11 is 1.61. The fraction of sp³-hybridized carbons (Fsp3) is 0.600. The van der Waals surface area contributed by atoms with E-state index in [-0.39, 0.29) is 6.03 Å². The lowest BCUT2D eigenvalue weighted by atomic mass is 10.0. The molecule has 0 atom stereocenters. The molecule has 0 unspecified atom stereocenters. The van der Waals surface area contributed by atoms with E-state index in [1.807, 2.05) is 0 Å². The summed E-state index contributed by atoms with van der Waals surface area (Å²) in [5.74, 6) is 0. The second-order valence-electron chi connectivity index (χ2n) is 3.92. The van der Waals surface area contributed by atoms with Gasteiger partial charge in [-0.15, -0.1) is 11.3 Å². The van der Waals surface area contributed by atoms with Gasteiger partial charge in [0, 0.05) is 19.0 Å². The molecule has 1 aliphatic rings. The smallest absolute Gasteiger partial charge is 0.323 e. The van der Waals surface area contributed by atoms with Crippen molar-refractivity contribution >= 4 is 22.5 Å². The number of fused-ring (bicyclic) bond motifs is 1. The van der Waals surface area contributed by atoms with Gasteiger partial charge in [0.2, 0.25) is 0 Å². The van der Waals surface area contributed by atoms with E-state index in [9.17, 15) is 4.79 Å². The van der Waals surface area contributed by atoms with Gasteiger partial charge in [-0.05, 0) is 25.7 Å². The Morgan fingerprint density at radius 3 is 2.80 bits per heavy atom. The fourth-order valence-corrected chi connectivity index (χ4v) is 2.65. The molecule has 0 aromatic carbocycles. The van der Waals surface area contributed by atoms with Crippen LogP contribution in [0.3, 0.4) is 0 Å². The zero-order valence-corrected chi connectivity index (χ0v) is 9.86. The molecule has 1 aliphatic carbocycles. The van der Waals surface area contributed by atoms with Gasteiger partial charge in [0.15, 0.2) is 5.13 Å². The molecule has 1 N–H and O–H groups in total. The average Bonchev–Trinajstić information content (AvgIpc) is 2.59. The predicted molar refractivity (Wildman–Crippen MR) is 61.5 cm³/mol. The molecule has 15 heavy (non-hydrogen) atoms. The third kappa shape index (κ3) is 2.28. The lowest BCUT2D eigenvalue weighted by Crippen LogP contribution is -2.27. The molecule has 82 valence electrons. The molecule has 1 heterocycles. The Kier molecular flexibility index (Phi) is 2.90. The van der Waals surface area contributed by atoms with Crippen LogP contribution in [0.5, 0.6) is 0 Å².